The summed E-state index contributed by atoms with van der Waals surface area (Å²) >= 11 is 0. The number of aromatic amines is 1. The number of nitrogens with one attached hydrogen (secondary N) is 2. The molecular formula is C18H21N3O4. The maximum Gasteiger partial charge on any atom is 0.261 e. The lowest BCUT2D eigenvalue weighted by atomic mass is 9.84. The maximum absolute atomic E-state index is 12.5. The number of nitrogens with zero attached hydrogens (tertiary/aromatic N) is 1. The average Bonchev–Trinajstić information content (AvgIpc) is 3.08. The fourth-order valence-electron chi connectivity index (χ4n) is 3.01. The molecule has 2 aromatic heterocycles. The summed E-state index contributed by atoms with van der Waals surface area (Å²) in [4.78, 5) is 41.6. The summed E-state index contributed by atoms with van der Waals surface area (Å²) in [6.45, 7) is 1.09. The lowest BCUT2D eigenvalue weighted by Crippen LogP contribution is -2.35. The van der Waals surface area contributed by atoms with Gasteiger partial charge >= 0.3 is 0 Å². The molecule has 3 rings (SSSR count). The van der Waals surface area contributed by atoms with Crippen LogP contribution in [0.5, 0.6) is 0 Å². The van der Waals surface area contributed by atoms with Crippen LogP contribution < -0.4 is 10.9 Å². The van der Waals surface area contributed by atoms with Crippen LogP contribution in [0.3, 0.4) is 0 Å². The highest BCUT2D eigenvalue weighted by Crippen LogP contribution is 2.31. The zero-order chi connectivity index (χ0) is 18.0. The predicted octanol–water partition coefficient (Wildman–Crippen LogP) is 1.17. The summed E-state index contributed by atoms with van der Waals surface area (Å²) in [5, 5.41) is 2.70. The van der Waals surface area contributed by atoms with Crippen LogP contribution >= 0.6 is 0 Å². The number of pyridine rings is 1. The minimum Gasteiger partial charge on any atom is -0.469 e. The highest BCUT2D eigenvalue weighted by Gasteiger charge is 2.30. The number of H-pyrrole nitrogens is 1. The first-order valence-corrected chi connectivity index (χ1v) is 8.21. The molecular weight excluding hydrogens is 322 g/mol. The summed E-state index contributed by atoms with van der Waals surface area (Å²) in [5.41, 5.74) is 0.476. The molecule has 1 aliphatic rings. The number of likely N-dealkylation sites (N-methyl/N-ethyl adjacent to an activating group) is 1. The first-order valence-electron chi connectivity index (χ1n) is 8.21. The molecule has 1 atom stereocenters. The van der Waals surface area contributed by atoms with Gasteiger partial charge in [0.1, 0.15) is 11.3 Å². The van der Waals surface area contributed by atoms with E-state index in [-0.39, 0.29) is 17.3 Å². The number of fused-ring (bicyclic) bond motifs is 1. The van der Waals surface area contributed by atoms with Crippen molar-refractivity contribution in [3.8, 4) is 0 Å². The van der Waals surface area contributed by atoms with Gasteiger partial charge in [0.05, 0.1) is 6.26 Å². The molecule has 1 amide bonds. The van der Waals surface area contributed by atoms with Gasteiger partial charge in [-0.25, -0.2) is 0 Å². The Balaban J connectivity index is 1.82. The van der Waals surface area contributed by atoms with Crippen LogP contribution in [0, 0.1) is 0 Å². The Hall–Kier alpha value is -2.67. The highest BCUT2D eigenvalue weighted by molar-refractivity contribution is 6.02. The van der Waals surface area contributed by atoms with E-state index in [1.165, 1.54) is 6.07 Å². The van der Waals surface area contributed by atoms with Crippen LogP contribution in [0.2, 0.25) is 0 Å². The Bertz CT molecular complexity index is 837. The lowest BCUT2D eigenvalue weighted by Gasteiger charge is -2.22. The van der Waals surface area contributed by atoms with Crippen LogP contribution in [0.25, 0.3) is 0 Å². The second-order valence-corrected chi connectivity index (χ2v) is 6.51. The van der Waals surface area contributed by atoms with E-state index in [0.29, 0.717) is 37.2 Å². The Morgan fingerprint density at radius 3 is 2.84 bits per heavy atom. The number of furan rings is 1. The number of hydrogen-bond acceptors (Lipinski definition) is 5. The van der Waals surface area contributed by atoms with Gasteiger partial charge in [-0.05, 0) is 38.7 Å². The van der Waals surface area contributed by atoms with E-state index in [9.17, 15) is 14.4 Å². The minimum absolute atomic E-state index is 0.0256. The van der Waals surface area contributed by atoms with Crippen molar-refractivity contribution in [2.45, 2.75) is 18.8 Å². The summed E-state index contributed by atoms with van der Waals surface area (Å²) in [5.74, 6) is 0.0730. The van der Waals surface area contributed by atoms with Crippen molar-refractivity contribution in [3.63, 3.8) is 0 Å². The number of aromatic nitrogens is 1. The molecule has 0 saturated carbocycles. The van der Waals surface area contributed by atoms with Crippen LogP contribution in [-0.4, -0.2) is 48.8 Å². The van der Waals surface area contributed by atoms with Crippen molar-refractivity contribution >= 4 is 11.7 Å². The van der Waals surface area contributed by atoms with Crippen LogP contribution in [-0.2, 0) is 6.42 Å². The van der Waals surface area contributed by atoms with Gasteiger partial charge in [0.2, 0.25) is 0 Å². The first-order chi connectivity index (χ1) is 12.0. The topological polar surface area (TPSA) is 95.4 Å². The van der Waals surface area contributed by atoms with Crippen molar-refractivity contribution in [2.24, 2.45) is 0 Å². The molecule has 0 aromatic carbocycles. The summed E-state index contributed by atoms with van der Waals surface area (Å²) in [6, 6.07) is 5.02. The van der Waals surface area contributed by atoms with Crippen molar-refractivity contribution in [1.29, 1.82) is 0 Å². The smallest absolute Gasteiger partial charge is 0.261 e. The molecule has 7 nitrogen and oxygen atoms in total. The molecule has 0 bridgehead atoms. The molecule has 0 spiro atoms. The Labute approximate surface area is 145 Å². The predicted molar refractivity (Wildman–Crippen MR) is 92.1 cm³/mol. The third-order valence-corrected chi connectivity index (χ3v) is 4.34. The molecule has 0 saturated heterocycles. The summed E-state index contributed by atoms with van der Waals surface area (Å²) in [7, 11) is 3.79. The number of carbonyl (C=O) groups excluding carboxylic acids is 2. The SMILES string of the molecule is CN(C)CCNC(=O)c1cc2c([nH]c1=O)CC(c1ccco1)CC2=O. The molecule has 2 heterocycles. The number of ketones is 1. The fraction of sp³-hybridized carbons (Fsp3) is 0.389. The van der Waals surface area contributed by atoms with Crippen LogP contribution in [0.15, 0.2) is 33.7 Å². The molecule has 0 aliphatic heterocycles. The quantitative estimate of drug-likeness (QED) is 0.850. The Morgan fingerprint density at radius 1 is 1.36 bits per heavy atom. The van der Waals surface area contributed by atoms with E-state index in [4.69, 9.17) is 4.42 Å². The lowest BCUT2D eigenvalue weighted by molar-refractivity contribution is 0.0949. The standard InChI is InChI=1S/C18H21N3O4/c1-21(2)6-5-19-17(23)13-10-12-14(20-18(13)24)8-11(9-15(12)22)16-4-3-7-25-16/h3-4,7,10-11H,5-6,8-9H2,1-2H3,(H,19,23)(H,20,24). The normalized spacial score (nSPS) is 16.8. The van der Waals surface area contributed by atoms with Gasteiger partial charge in [0.25, 0.3) is 11.5 Å². The van der Waals surface area contributed by atoms with Gasteiger partial charge in [-0.2, -0.15) is 0 Å². The van der Waals surface area contributed by atoms with Crippen molar-refractivity contribution in [1.82, 2.24) is 15.2 Å². The van der Waals surface area contributed by atoms with Crippen molar-refractivity contribution in [2.75, 3.05) is 27.2 Å². The van der Waals surface area contributed by atoms with Crippen molar-refractivity contribution in [3.05, 3.63) is 57.4 Å². The minimum atomic E-state index is -0.478. The largest absolute Gasteiger partial charge is 0.469 e. The van der Waals surface area contributed by atoms with Crippen LogP contribution in [0.4, 0.5) is 0 Å². The van der Waals surface area contributed by atoms with E-state index in [2.05, 4.69) is 10.3 Å². The van der Waals surface area contributed by atoms with Gasteiger partial charge < -0.3 is 19.6 Å². The first kappa shape index (κ1) is 17.2. The molecule has 7 heteroatoms. The zero-order valence-electron chi connectivity index (χ0n) is 14.3. The Morgan fingerprint density at radius 2 is 2.16 bits per heavy atom. The van der Waals surface area contributed by atoms with E-state index < -0.39 is 11.5 Å². The van der Waals surface area contributed by atoms with Gasteiger partial charge in [0.15, 0.2) is 5.78 Å². The van der Waals surface area contributed by atoms with E-state index in [1.807, 2.05) is 25.1 Å². The van der Waals surface area contributed by atoms with E-state index in [1.54, 1.807) is 12.3 Å². The van der Waals surface area contributed by atoms with Crippen LogP contribution in [0.1, 0.15) is 44.5 Å². The fourth-order valence-corrected chi connectivity index (χ4v) is 3.01. The third kappa shape index (κ3) is 3.71. The number of Topliss-reactive ketones (excluding diaryl/α,β-unsaturated/α-hetero) is 1. The number of hydrogen-bond donors (Lipinski definition) is 2. The van der Waals surface area contributed by atoms with E-state index in [0.717, 1.165) is 5.76 Å². The zero-order valence-corrected chi connectivity index (χ0v) is 14.3. The molecule has 0 fully saturated rings. The molecule has 1 aliphatic carbocycles. The Kier molecular flexibility index (Phi) is 4.85. The van der Waals surface area contributed by atoms with Crippen molar-refractivity contribution < 1.29 is 14.0 Å². The molecule has 2 aromatic rings. The number of rotatable bonds is 5. The second-order valence-electron chi connectivity index (χ2n) is 6.51. The van der Waals surface area contributed by atoms with Gasteiger partial charge in [0, 0.05) is 36.7 Å². The molecule has 1 unspecified atom stereocenters. The number of amides is 1. The monoisotopic (exact) mass is 343 g/mol. The molecule has 132 valence electrons. The third-order valence-electron chi connectivity index (χ3n) is 4.34. The molecule has 0 radical (unpaired) electrons. The van der Waals surface area contributed by atoms with Gasteiger partial charge in [-0.3, -0.25) is 14.4 Å². The summed E-state index contributed by atoms with van der Waals surface area (Å²) in [6.07, 6.45) is 2.37. The number of carbonyl (C=O) groups is 2. The molecule has 2 N–H and O–H groups in total. The van der Waals surface area contributed by atoms with E-state index >= 15 is 0 Å². The average molecular weight is 343 g/mol. The summed E-state index contributed by atoms with van der Waals surface area (Å²) < 4.78 is 5.38. The molecule has 25 heavy (non-hydrogen) atoms. The van der Waals surface area contributed by atoms with Gasteiger partial charge in [-0.15, -0.1) is 0 Å². The second kappa shape index (κ2) is 7.06. The maximum atomic E-state index is 12.5. The van der Waals surface area contributed by atoms with Gasteiger partial charge in [-0.1, -0.05) is 0 Å². The highest BCUT2D eigenvalue weighted by atomic mass is 16.3.